The number of hydrogen-bond donors (Lipinski definition) is 2. The molecule has 0 radical (unpaired) electrons. The van der Waals surface area contributed by atoms with Crippen molar-refractivity contribution in [3.05, 3.63) is 100 Å². The molecule has 2 atom stereocenters. The molecule has 2 fully saturated rings. The fourth-order valence-corrected chi connectivity index (χ4v) is 7.03. The topological polar surface area (TPSA) is 124 Å². The number of pyridine rings is 1. The molecule has 5 aromatic rings. The van der Waals surface area contributed by atoms with Crippen molar-refractivity contribution in [2.24, 2.45) is 7.05 Å². The highest BCUT2D eigenvalue weighted by Crippen LogP contribution is 2.41. The molecule has 0 aliphatic carbocycles. The number of fused-ring (bicyclic) bond motifs is 2. The fourth-order valence-electron chi connectivity index (χ4n) is 7.03. The number of nitrogen functional groups attached to an aromatic ring is 1. The fraction of sp³-hybridized carbons (Fsp3) is 0.278. The van der Waals surface area contributed by atoms with Crippen molar-refractivity contribution < 1.29 is 18.7 Å². The first-order valence-electron chi connectivity index (χ1n) is 15.8. The van der Waals surface area contributed by atoms with E-state index < -0.39 is 17.3 Å². The van der Waals surface area contributed by atoms with Crippen molar-refractivity contribution in [1.82, 2.24) is 19.2 Å². The Kier molecular flexibility index (Phi) is 7.75. The van der Waals surface area contributed by atoms with Gasteiger partial charge >= 0.3 is 0 Å². The van der Waals surface area contributed by atoms with E-state index in [1.165, 1.54) is 40.6 Å². The Labute approximate surface area is 270 Å². The lowest BCUT2D eigenvalue weighted by molar-refractivity contribution is -0.129. The quantitative estimate of drug-likeness (QED) is 0.239. The molecule has 2 aliphatic heterocycles. The standard InChI is InChI=1S/C36H35FN6O4/c1-3-47-30-15-17-43(26-10-6-24(37)7-11-26)36(46)33(30)35(45)39-25-8-4-21(5-9-25)28-19-23(20-29-32(28)34(38)40-41(29)2)22-14-16-42-27(18-22)12-13-31(42)44/h4-11,15,17,19-20,22,27H,3,12-14,16,18H2,1-2H3,(H2,38,40)(H,39,45)/t22-,27-/m0/s1. The summed E-state index contributed by atoms with van der Waals surface area (Å²) in [6.45, 7) is 2.80. The molecule has 3 N–H and O–H groups in total. The minimum Gasteiger partial charge on any atom is -0.493 e. The van der Waals surface area contributed by atoms with Crippen LogP contribution >= 0.6 is 0 Å². The number of halogens is 1. The van der Waals surface area contributed by atoms with Crippen LogP contribution in [-0.4, -0.2) is 50.3 Å². The van der Waals surface area contributed by atoms with Gasteiger partial charge in [0.05, 0.1) is 17.5 Å². The summed E-state index contributed by atoms with van der Waals surface area (Å²) in [5, 5.41) is 8.20. The van der Waals surface area contributed by atoms with Gasteiger partial charge in [-0.15, -0.1) is 0 Å². The van der Waals surface area contributed by atoms with Crippen molar-refractivity contribution in [3.8, 4) is 22.6 Å². The number of hydrogen-bond acceptors (Lipinski definition) is 6. The first-order valence-corrected chi connectivity index (χ1v) is 15.8. The number of anilines is 2. The van der Waals surface area contributed by atoms with Crippen LogP contribution in [0.15, 0.2) is 77.7 Å². The van der Waals surface area contributed by atoms with E-state index >= 15 is 0 Å². The summed E-state index contributed by atoms with van der Waals surface area (Å²) >= 11 is 0. The van der Waals surface area contributed by atoms with Crippen LogP contribution in [0.5, 0.6) is 5.75 Å². The molecule has 0 bridgehead atoms. The van der Waals surface area contributed by atoms with Crippen molar-refractivity contribution >= 4 is 34.2 Å². The van der Waals surface area contributed by atoms with Gasteiger partial charge in [0.2, 0.25) is 5.91 Å². The van der Waals surface area contributed by atoms with Crippen LogP contribution in [-0.2, 0) is 11.8 Å². The number of piperidine rings is 1. The molecule has 3 aromatic carbocycles. The predicted octanol–water partition coefficient (Wildman–Crippen LogP) is 5.63. The molecular formula is C36H35FN6O4. The van der Waals surface area contributed by atoms with E-state index in [9.17, 15) is 18.8 Å². The molecule has 0 spiro atoms. The number of aromatic nitrogens is 3. The summed E-state index contributed by atoms with van der Waals surface area (Å²) in [5.74, 6) is 0.104. The molecule has 7 rings (SSSR count). The number of carbonyl (C=O) groups excluding carboxylic acids is 2. The van der Waals surface area contributed by atoms with Gasteiger partial charge in [-0.05, 0) is 103 Å². The Morgan fingerprint density at radius 3 is 2.57 bits per heavy atom. The maximum Gasteiger partial charge on any atom is 0.271 e. The zero-order valence-electron chi connectivity index (χ0n) is 26.2. The normalized spacial score (nSPS) is 17.6. The third-order valence-electron chi connectivity index (χ3n) is 9.34. The number of nitrogens with zero attached hydrogens (tertiary/aromatic N) is 4. The van der Waals surface area contributed by atoms with Crippen LogP contribution in [0.4, 0.5) is 15.9 Å². The molecule has 47 heavy (non-hydrogen) atoms. The number of amides is 2. The van der Waals surface area contributed by atoms with Gasteiger partial charge in [0.1, 0.15) is 17.1 Å². The van der Waals surface area contributed by atoms with Gasteiger partial charge in [-0.2, -0.15) is 5.10 Å². The minimum absolute atomic E-state index is 0.157. The molecular weight excluding hydrogens is 599 g/mol. The van der Waals surface area contributed by atoms with Crippen LogP contribution in [0.3, 0.4) is 0 Å². The molecule has 2 aromatic heterocycles. The average Bonchev–Trinajstić information content (AvgIpc) is 3.59. The van der Waals surface area contributed by atoms with Crippen LogP contribution in [0.25, 0.3) is 27.7 Å². The van der Waals surface area contributed by atoms with E-state index in [4.69, 9.17) is 10.5 Å². The molecule has 10 nitrogen and oxygen atoms in total. The summed E-state index contributed by atoms with van der Waals surface area (Å²) < 4.78 is 22.2. The molecule has 240 valence electrons. The Balaban J connectivity index is 1.19. The third-order valence-corrected chi connectivity index (χ3v) is 9.34. The second-order valence-corrected chi connectivity index (χ2v) is 12.1. The van der Waals surface area contributed by atoms with Crippen molar-refractivity contribution in [1.29, 1.82) is 0 Å². The Morgan fingerprint density at radius 1 is 1.06 bits per heavy atom. The van der Waals surface area contributed by atoms with Crippen molar-refractivity contribution in [2.75, 3.05) is 24.2 Å². The maximum absolute atomic E-state index is 13.5. The van der Waals surface area contributed by atoms with Crippen LogP contribution < -0.4 is 21.3 Å². The van der Waals surface area contributed by atoms with Gasteiger partial charge in [0.15, 0.2) is 5.82 Å². The molecule has 2 amide bonds. The first-order chi connectivity index (χ1) is 22.7. The van der Waals surface area contributed by atoms with E-state index in [1.54, 1.807) is 29.8 Å². The molecule has 2 aliphatic rings. The summed E-state index contributed by atoms with van der Waals surface area (Å²) in [6.07, 6.45) is 4.87. The highest BCUT2D eigenvalue weighted by molar-refractivity contribution is 6.06. The molecule has 0 saturated carbocycles. The zero-order chi connectivity index (χ0) is 32.8. The number of nitrogens with two attached hydrogens (primary N) is 1. The van der Waals surface area contributed by atoms with Gasteiger partial charge in [0, 0.05) is 43.6 Å². The Bertz CT molecular complexity index is 2070. The highest BCUT2D eigenvalue weighted by atomic mass is 19.1. The SMILES string of the molecule is CCOc1ccn(-c2ccc(F)cc2)c(=O)c1C(=O)Nc1ccc(-c2cc([C@H]3CCN4C(=O)CC[C@H]4C3)cc3c2c(N)nn3C)cc1. The minimum atomic E-state index is -0.625. The third kappa shape index (κ3) is 5.51. The van der Waals surface area contributed by atoms with Crippen LogP contribution in [0, 0.1) is 5.82 Å². The zero-order valence-corrected chi connectivity index (χ0v) is 26.2. The van der Waals surface area contributed by atoms with Crippen LogP contribution in [0.1, 0.15) is 54.4 Å². The van der Waals surface area contributed by atoms with E-state index in [2.05, 4.69) is 22.5 Å². The summed E-state index contributed by atoms with van der Waals surface area (Å²) in [6, 6.07) is 19.0. The first kappa shape index (κ1) is 30.2. The average molecular weight is 635 g/mol. The maximum atomic E-state index is 13.5. The Hall–Kier alpha value is -5.45. The smallest absolute Gasteiger partial charge is 0.271 e. The van der Waals surface area contributed by atoms with Crippen molar-refractivity contribution in [3.63, 3.8) is 0 Å². The lowest BCUT2D eigenvalue weighted by Crippen LogP contribution is -2.39. The number of nitrogens with one attached hydrogen (secondary N) is 1. The van der Waals surface area contributed by atoms with Gasteiger partial charge in [-0.25, -0.2) is 4.39 Å². The molecule has 2 saturated heterocycles. The number of carbonyl (C=O) groups is 2. The van der Waals surface area contributed by atoms with E-state index in [1.807, 2.05) is 24.1 Å². The second-order valence-electron chi connectivity index (χ2n) is 12.1. The molecule has 11 heteroatoms. The predicted molar refractivity (Wildman–Crippen MR) is 178 cm³/mol. The monoisotopic (exact) mass is 634 g/mol. The lowest BCUT2D eigenvalue weighted by atomic mass is 9.83. The van der Waals surface area contributed by atoms with Gasteiger partial charge in [-0.3, -0.25) is 23.6 Å². The largest absolute Gasteiger partial charge is 0.493 e. The number of aryl methyl sites for hydroxylation is 1. The number of rotatable bonds is 7. The highest BCUT2D eigenvalue weighted by Gasteiger charge is 2.37. The summed E-state index contributed by atoms with van der Waals surface area (Å²) in [4.78, 5) is 41.4. The number of ether oxygens (including phenoxy) is 1. The van der Waals surface area contributed by atoms with E-state index in [0.717, 1.165) is 47.8 Å². The second kappa shape index (κ2) is 12.1. The van der Waals surface area contributed by atoms with Crippen molar-refractivity contribution in [2.45, 2.75) is 44.6 Å². The summed E-state index contributed by atoms with van der Waals surface area (Å²) in [7, 11) is 1.88. The van der Waals surface area contributed by atoms with Gasteiger partial charge in [0.25, 0.3) is 11.5 Å². The van der Waals surface area contributed by atoms with Gasteiger partial charge in [-0.1, -0.05) is 12.1 Å². The number of benzene rings is 3. The van der Waals surface area contributed by atoms with Crippen LogP contribution in [0.2, 0.25) is 0 Å². The van der Waals surface area contributed by atoms with E-state index in [0.29, 0.717) is 29.5 Å². The van der Waals surface area contributed by atoms with E-state index in [-0.39, 0.29) is 29.9 Å². The van der Waals surface area contributed by atoms with Gasteiger partial charge < -0.3 is 20.7 Å². The lowest BCUT2D eigenvalue weighted by Gasteiger charge is -2.35. The summed E-state index contributed by atoms with van der Waals surface area (Å²) in [5.41, 5.74) is 10.5. The molecule has 4 heterocycles. The Morgan fingerprint density at radius 2 is 1.83 bits per heavy atom. The molecule has 0 unspecified atom stereocenters.